The SMILES string of the molecule is CN(C)CC(=O)Nc1ccc2c(c1)[C@@H]1C[C@@H](CC(=O)NCCN3CCCCC3)O[C@@H](CO)[C@@H]1O2. The predicted molar refractivity (Wildman–Crippen MR) is 129 cm³/mol. The number of likely N-dealkylation sites (tertiary alicyclic amines) is 1. The Balaban J connectivity index is 1.35. The lowest BCUT2D eigenvalue weighted by Crippen LogP contribution is -2.47. The second-order valence-corrected chi connectivity index (χ2v) is 9.90. The van der Waals surface area contributed by atoms with Crippen LogP contribution < -0.4 is 15.4 Å². The summed E-state index contributed by atoms with van der Waals surface area (Å²) in [5, 5.41) is 15.9. The number of nitrogens with one attached hydrogen (secondary N) is 2. The molecule has 1 aromatic rings. The van der Waals surface area contributed by atoms with Gasteiger partial charge >= 0.3 is 0 Å². The van der Waals surface area contributed by atoms with Crippen molar-refractivity contribution in [3.05, 3.63) is 23.8 Å². The van der Waals surface area contributed by atoms with E-state index in [0.717, 1.165) is 30.9 Å². The van der Waals surface area contributed by atoms with E-state index in [4.69, 9.17) is 9.47 Å². The largest absolute Gasteiger partial charge is 0.487 e. The molecule has 0 aliphatic carbocycles. The molecule has 34 heavy (non-hydrogen) atoms. The van der Waals surface area contributed by atoms with Crippen molar-refractivity contribution >= 4 is 17.5 Å². The Bertz CT molecular complexity index is 858. The van der Waals surface area contributed by atoms with Crippen LogP contribution in [0, 0.1) is 0 Å². The molecule has 9 heteroatoms. The lowest BCUT2D eigenvalue weighted by molar-refractivity contribution is -0.142. The number of aliphatic hydroxyl groups is 1. The number of likely N-dealkylation sites (N-methyl/N-ethyl adjacent to an activating group) is 1. The average molecular weight is 475 g/mol. The summed E-state index contributed by atoms with van der Waals surface area (Å²) in [4.78, 5) is 29.0. The van der Waals surface area contributed by atoms with Crippen molar-refractivity contribution in [2.24, 2.45) is 0 Å². The van der Waals surface area contributed by atoms with Gasteiger partial charge in [-0.3, -0.25) is 9.59 Å². The molecule has 0 spiro atoms. The van der Waals surface area contributed by atoms with Gasteiger partial charge in [0.05, 0.1) is 25.7 Å². The summed E-state index contributed by atoms with van der Waals surface area (Å²) in [5.74, 6) is 0.632. The van der Waals surface area contributed by atoms with Crippen molar-refractivity contribution in [1.82, 2.24) is 15.1 Å². The minimum absolute atomic E-state index is 0.00208. The lowest BCUT2D eigenvalue weighted by atomic mass is 9.84. The van der Waals surface area contributed by atoms with Crippen LogP contribution in [0.25, 0.3) is 0 Å². The fourth-order valence-corrected chi connectivity index (χ4v) is 5.27. The van der Waals surface area contributed by atoms with Crippen LogP contribution in [0.5, 0.6) is 5.75 Å². The number of aliphatic hydroxyl groups excluding tert-OH is 1. The molecule has 2 fully saturated rings. The maximum absolute atomic E-state index is 12.6. The molecule has 4 atom stereocenters. The van der Waals surface area contributed by atoms with E-state index in [1.165, 1.54) is 19.3 Å². The highest BCUT2D eigenvalue weighted by molar-refractivity contribution is 5.92. The standard InChI is InChI=1S/C25H38N4O5/c1-28(2)15-24(32)27-17-6-7-21-19(12-17)20-13-18(33-22(16-30)25(20)34-21)14-23(31)26-8-11-29-9-4-3-5-10-29/h6-7,12,18,20,22,25,30H,3-5,8-11,13-16H2,1-2H3,(H,26,31)(H,27,32)/t18-,20-,22-,25+/m0/s1. The molecule has 9 nitrogen and oxygen atoms in total. The Morgan fingerprint density at radius 1 is 1.18 bits per heavy atom. The monoisotopic (exact) mass is 474 g/mol. The average Bonchev–Trinajstić information content (AvgIpc) is 3.16. The van der Waals surface area contributed by atoms with Crippen LogP contribution in [0.2, 0.25) is 0 Å². The first-order chi connectivity index (χ1) is 16.4. The maximum Gasteiger partial charge on any atom is 0.238 e. The van der Waals surface area contributed by atoms with Crippen LogP contribution in [0.4, 0.5) is 5.69 Å². The van der Waals surface area contributed by atoms with Crippen LogP contribution in [-0.2, 0) is 14.3 Å². The first kappa shape index (κ1) is 24.9. The number of nitrogens with zero attached hydrogens (tertiary/aromatic N) is 2. The van der Waals surface area contributed by atoms with Gasteiger partial charge in [-0.1, -0.05) is 6.42 Å². The fourth-order valence-electron chi connectivity index (χ4n) is 5.27. The highest BCUT2D eigenvalue weighted by atomic mass is 16.6. The third kappa shape index (κ3) is 6.27. The topological polar surface area (TPSA) is 103 Å². The Labute approximate surface area is 201 Å². The number of carbonyl (C=O) groups excluding carboxylic acids is 2. The van der Waals surface area contributed by atoms with Crippen LogP contribution in [0.15, 0.2) is 18.2 Å². The summed E-state index contributed by atoms with van der Waals surface area (Å²) in [6.07, 6.45) is 3.56. The van der Waals surface area contributed by atoms with E-state index in [1.807, 2.05) is 37.2 Å². The minimum Gasteiger partial charge on any atom is -0.487 e. The number of rotatable bonds is 9. The van der Waals surface area contributed by atoms with Crippen LogP contribution in [0.1, 0.15) is 43.6 Å². The molecule has 188 valence electrons. The van der Waals surface area contributed by atoms with E-state index in [2.05, 4.69) is 15.5 Å². The van der Waals surface area contributed by atoms with Gasteiger partial charge in [-0.25, -0.2) is 0 Å². The summed E-state index contributed by atoms with van der Waals surface area (Å²) >= 11 is 0. The van der Waals surface area contributed by atoms with E-state index in [9.17, 15) is 14.7 Å². The number of hydrogen-bond acceptors (Lipinski definition) is 7. The number of ether oxygens (including phenoxy) is 2. The van der Waals surface area contributed by atoms with Gasteiger partial charge in [0, 0.05) is 30.3 Å². The smallest absolute Gasteiger partial charge is 0.238 e. The van der Waals surface area contributed by atoms with E-state index in [0.29, 0.717) is 25.2 Å². The predicted octanol–water partition coefficient (Wildman–Crippen LogP) is 1.17. The number of carbonyl (C=O) groups is 2. The number of anilines is 1. The first-order valence-corrected chi connectivity index (χ1v) is 12.4. The third-order valence-corrected chi connectivity index (χ3v) is 6.85. The second kappa shape index (κ2) is 11.5. The van der Waals surface area contributed by atoms with Crippen molar-refractivity contribution in [2.45, 2.75) is 56.3 Å². The van der Waals surface area contributed by atoms with E-state index < -0.39 is 6.10 Å². The molecule has 2 saturated heterocycles. The van der Waals surface area contributed by atoms with Crippen molar-refractivity contribution < 1.29 is 24.2 Å². The number of piperidine rings is 1. The zero-order valence-electron chi connectivity index (χ0n) is 20.3. The summed E-state index contributed by atoms with van der Waals surface area (Å²) in [6, 6.07) is 5.63. The summed E-state index contributed by atoms with van der Waals surface area (Å²) in [6.45, 7) is 3.87. The maximum atomic E-state index is 12.6. The molecule has 3 aliphatic heterocycles. The van der Waals surface area contributed by atoms with Crippen LogP contribution in [0.3, 0.4) is 0 Å². The Morgan fingerprint density at radius 2 is 1.97 bits per heavy atom. The van der Waals surface area contributed by atoms with Crippen molar-refractivity contribution in [3.8, 4) is 5.75 Å². The molecular weight excluding hydrogens is 436 g/mol. The third-order valence-electron chi connectivity index (χ3n) is 6.85. The minimum atomic E-state index is -0.496. The molecular formula is C25H38N4O5. The molecule has 0 radical (unpaired) electrons. The van der Waals surface area contributed by atoms with Gasteiger partial charge in [-0.05, 0) is 64.6 Å². The van der Waals surface area contributed by atoms with Gasteiger partial charge < -0.3 is 35.0 Å². The lowest BCUT2D eigenvalue weighted by Gasteiger charge is -2.37. The van der Waals surface area contributed by atoms with Gasteiger partial charge in [-0.2, -0.15) is 0 Å². The number of hydrogen-bond donors (Lipinski definition) is 3. The second-order valence-electron chi connectivity index (χ2n) is 9.90. The van der Waals surface area contributed by atoms with Gasteiger partial charge in [0.1, 0.15) is 18.0 Å². The molecule has 0 aromatic heterocycles. The zero-order valence-corrected chi connectivity index (χ0v) is 20.3. The van der Waals surface area contributed by atoms with Crippen molar-refractivity contribution in [3.63, 3.8) is 0 Å². The number of fused-ring (bicyclic) bond motifs is 3. The van der Waals surface area contributed by atoms with E-state index in [-0.39, 0.29) is 43.0 Å². The molecule has 4 rings (SSSR count). The first-order valence-electron chi connectivity index (χ1n) is 12.4. The zero-order chi connectivity index (χ0) is 24.1. The highest BCUT2D eigenvalue weighted by Gasteiger charge is 2.46. The Kier molecular flexibility index (Phi) is 8.41. The number of benzene rings is 1. The highest BCUT2D eigenvalue weighted by Crippen LogP contribution is 2.47. The van der Waals surface area contributed by atoms with Crippen LogP contribution >= 0.6 is 0 Å². The molecule has 3 heterocycles. The van der Waals surface area contributed by atoms with Crippen LogP contribution in [-0.4, -0.2) is 98.5 Å². The van der Waals surface area contributed by atoms with Crippen molar-refractivity contribution in [1.29, 1.82) is 0 Å². The van der Waals surface area contributed by atoms with Gasteiger partial charge in [-0.15, -0.1) is 0 Å². The Morgan fingerprint density at radius 3 is 2.71 bits per heavy atom. The summed E-state index contributed by atoms with van der Waals surface area (Å²) in [5.41, 5.74) is 1.71. The van der Waals surface area contributed by atoms with E-state index >= 15 is 0 Å². The summed E-state index contributed by atoms with van der Waals surface area (Å²) in [7, 11) is 3.70. The van der Waals surface area contributed by atoms with Gasteiger partial charge in [0.25, 0.3) is 0 Å². The molecule has 0 bridgehead atoms. The quantitative estimate of drug-likeness (QED) is 0.494. The Hall–Kier alpha value is -2.20. The van der Waals surface area contributed by atoms with E-state index in [1.54, 1.807) is 0 Å². The molecule has 3 N–H and O–H groups in total. The normalized spacial score (nSPS) is 26.5. The number of amides is 2. The summed E-state index contributed by atoms with van der Waals surface area (Å²) < 4.78 is 12.2. The van der Waals surface area contributed by atoms with Crippen molar-refractivity contribution in [2.75, 3.05) is 58.7 Å². The van der Waals surface area contributed by atoms with Gasteiger partial charge in [0.15, 0.2) is 0 Å². The molecule has 1 aromatic carbocycles. The molecule has 0 saturated carbocycles. The molecule has 2 amide bonds. The molecule has 3 aliphatic rings. The molecule has 0 unspecified atom stereocenters. The fraction of sp³-hybridized carbons (Fsp3) is 0.680. The van der Waals surface area contributed by atoms with Gasteiger partial charge in [0.2, 0.25) is 11.8 Å².